The third-order valence-electron chi connectivity index (χ3n) is 1.62. The van der Waals surface area contributed by atoms with Gasteiger partial charge in [0.2, 0.25) is 0 Å². The van der Waals surface area contributed by atoms with Crippen molar-refractivity contribution in [3.63, 3.8) is 0 Å². The van der Waals surface area contributed by atoms with Gasteiger partial charge in [-0.05, 0) is 17.7 Å². The smallest absolute Gasteiger partial charge is 0.148 e. The van der Waals surface area contributed by atoms with Gasteiger partial charge in [-0.25, -0.2) is 0 Å². The first-order valence-corrected chi connectivity index (χ1v) is 4.94. The van der Waals surface area contributed by atoms with Crippen molar-refractivity contribution in [1.82, 2.24) is 0 Å². The van der Waals surface area contributed by atoms with Crippen LogP contribution in [0, 0.1) is 12.3 Å². The van der Waals surface area contributed by atoms with Gasteiger partial charge < -0.3 is 4.74 Å². The van der Waals surface area contributed by atoms with E-state index in [2.05, 4.69) is 18.5 Å². The van der Waals surface area contributed by atoms with Crippen LogP contribution in [0.5, 0.6) is 5.75 Å². The van der Waals surface area contributed by atoms with Crippen LogP contribution in [0.2, 0.25) is 0 Å². The number of thiol groups is 1. The first kappa shape index (κ1) is 10.7. The Labute approximate surface area is 90.2 Å². The third-order valence-corrected chi connectivity index (χ3v) is 1.83. The van der Waals surface area contributed by atoms with Gasteiger partial charge in [0, 0.05) is 5.75 Å². The molecule has 2 heteroatoms. The highest BCUT2D eigenvalue weighted by Crippen LogP contribution is 2.12. The normalized spacial score (nSPS) is 10.0. The molecule has 1 aromatic carbocycles. The van der Waals surface area contributed by atoms with Crippen molar-refractivity contribution >= 4 is 18.7 Å². The van der Waals surface area contributed by atoms with Gasteiger partial charge in [0.1, 0.15) is 12.4 Å². The molecular weight excluding hydrogens is 192 g/mol. The summed E-state index contributed by atoms with van der Waals surface area (Å²) in [5.74, 6) is 3.96. The second-order valence-corrected chi connectivity index (χ2v) is 3.01. The van der Waals surface area contributed by atoms with Crippen LogP contribution in [-0.4, -0.2) is 12.4 Å². The molecular formula is C12H12OS. The van der Waals surface area contributed by atoms with Gasteiger partial charge >= 0.3 is 0 Å². The number of hydrogen-bond donors (Lipinski definition) is 1. The monoisotopic (exact) mass is 204 g/mol. The maximum Gasteiger partial charge on any atom is 0.148 e. The van der Waals surface area contributed by atoms with Crippen LogP contribution in [0.25, 0.3) is 6.08 Å². The van der Waals surface area contributed by atoms with Crippen molar-refractivity contribution in [3.05, 3.63) is 35.9 Å². The van der Waals surface area contributed by atoms with E-state index in [1.807, 2.05) is 36.4 Å². The van der Waals surface area contributed by atoms with E-state index in [0.29, 0.717) is 6.61 Å². The summed E-state index contributed by atoms with van der Waals surface area (Å²) in [4.78, 5) is 0. The lowest BCUT2D eigenvalue weighted by Gasteiger charge is -2.01. The molecule has 0 aliphatic carbocycles. The van der Waals surface area contributed by atoms with Crippen LogP contribution < -0.4 is 4.74 Å². The van der Waals surface area contributed by atoms with Gasteiger partial charge in [-0.3, -0.25) is 0 Å². The molecule has 0 spiro atoms. The highest BCUT2D eigenvalue weighted by molar-refractivity contribution is 7.80. The molecule has 0 heterocycles. The zero-order valence-corrected chi connectivity index (χ0v) is 8.71. The topological polar surface area (TPSA) is 9.23 Å². The second-order valence-electron chi connectivity index (χ2n) is 2.65. The van der Waals surface area contributed by atoms with Gasteiger partial charge in [0.15, 0.2) is 0 Å². The Morgan fingerprint density at radius 3 is 2.64 bits per heavy atom. The lowest BCUT2D eigenvalue weighted by Crippen LogP contribution is -1.92. The van der Waals surface area contributed by atoms with Crippen LogP contribution in [0.3, 0.4) is 0 Å². The van der Waals surface area contributed by atoms with Gasteiger partial charge in [0.05, 0.1) is 0 Å². The number of terminal acetylenes is 1. The number of ether oxygens (including phenoxy) is 1. The zero-order valence-electron chi connectivity index (χ0n) is 7.81. The fraction of sp³-hybridized carbons (Fsp3) is 0.167. The van der Waals surface area contributed by atoms with Gasteiger partial charge in [-0.15, -0.1) is 6.42 Å². The fourth-order valence-electron chi connectivity index (χ4n) is 0.989. The SMILES string of the molecule is C#CCOc1ccc(C=CCS)cc1. The molecule has 0 aliphatic rings. The van der Waals surface area contributed by atoms with Crippen molar-refractivity contribution in [1.29, 1.82) is 0 Å². The van der Waals surface area contributed by atoms with Crippen molar-refractivity contribution < 1.29 is 4.74 Å². The summed E-state index contributed by atoms with van der Waals surface area (Å²) in [7, 11) is 0. The Kier molecular flexibility index (Phi) is 4.74. The Balaban J connectivity index is 2.60. The Morgan fingerprint density at radius 1 is 1.36 bits per heavy atom. The highest BCUT2D eigenvalue weighted by atomic mass is 32.1. The zero-order chi connectivity index (χ0) is 10.2. The fourth-order valence-corrected chi connectivity index (χ4v) is 1.09. The molecule has 1 rings (SSSR count). The minimum Gasteiger partial charge on any atom is -0.481 e. The van der Waals surface area contributed by atoms with Crippen LogP contribution in [0.4, 0.5) is 0 Å². The van der Waals surface area contributed by atoms with Crippen LogP contribution in [-0.2, 0) is 0 Å². The summed E-state index contributed by atoms with van der Waals surface area (Å²) in [6.45, 7) is 0.311. The Bertz CT molecular complexity index is 332. The molecule has 0 amide bonds. The van der Waals surface area contributed by atoms with E-state index < -0.39 is 0 Å². The molecule has 0 aliphatic heterocycles. The molecule has 0 unspecified atom stereocenters. The van der Waals surface area contributed by atoms with Gasteiger partial charge in [-0.1, -0.05) is 30.2 Å². The predicted molar refractivity (Wildman–Crippen MR) is 63.7 cm³/mol. The maximum absolute atomic E-state index is 5.24. The number of hydrogen-bond acceptors (Lipinski definition) is 2. The Morgan fingerprint density at radius 2 is 2.07 bits per heavy atom. The standard InChI is InChI=1S/C12H12OS/c1-2-9-13-12-7-5-11(6-8-12)4-3-10-14/h1,3-8,14H,9-10H2. The molecule has 1 nitrogen and oxygen atoms in total. The van der Waals surface area contributed by atoms with E-state index in [0.717, 1.165) is 17.1 Å². The van der Waals surface area contributed by atoms with Crippen molar-refractivity contribution in [2.24, 2.45) is 0 Å². The van der Waals surface area contributed by atoms with Crippen LogP contribution in [0.15, 0.2) is 30.3 Å². The van der Waals surface area contributed by atoms with Crippen LogP contribution >= 0.6 is 12.6 Å². The molecule has 72 valence electrons. The van der Waals surface area contributed by atoms with Crippen molar-refractivity contribution in [2.45, 2.75) is 0 Å². The largest absolute Gasteiger partial charge is 0.481 e. The summed E-state index contributed by atoms with van der Waals surface area (Å²) in [6, 6.07) is 7.75. The van der Waals surface area contributed by atoms with E-state index in [1.54, 1.807) is 0 Å². The van der Waals surface area contributed by atoms with E-state index in [4.69, 9.17) is 11.2 Å². The number of benzene rings is 1. The maximum atomic E-state index is 5.24. The molecule has 0 N–H and O–H groups in total. The van der Waals surface area contributed by atoms with Gasteiger partial charge in [0.25, 0.3) is 0 Å². The first-order valence-electron chi connectivity index (χ1n) is 4.30. The molecule has 0 bridgehead atoms. The minimum absolute atomic E-state index is 0.311. The molecule has 0 atom stereocenters. The first-order chi connectivity index (χ1) is 6.86. The summed E-state index contributed by atoms with van der Waals surface area (Å²) >= 11 is 4.08. The average Bonchev–Trinajstić information content (AvgIpc) is 2.25. The average molecular weight is 204 g/mol. The predicted octanol–water partition coefficient (Wildman–Crippen LogP) is 2.64. The van der Waals surface area contributed by atoms with E-state index >= 15 is 0 Å². The quantitative estimate of drug-likeness (QED) is 0.586. The van der Waals surface area contributed by atoms with Crippen LogP contribution in [0.1, 0.15) is 5.56 Å². The van der Waals surface area contributed by atoms with Gasteiger partial charge in [-0.2, -0.15) is 12.6 Å². The molecule has 0 saturated carbocycles. The van der Waals surface area contributed by atoms with Crippen molar-refractivity contribution in [3.8, 4) is 18.1 Å². The van der Waals surface area contributed by atoms with E-state index in [9.17, 15) is 0 Å². The molecule has 0 fully saturated rings. The summed E-state index contributed by atoms with van der Waals surface area (Å²) in [5, 5.41) is 0. The molecule has 0 saturated heterocycles. The minimum atomic E-state index is 0.311. The summed E-state index contributed by atoms with van der Waals surface area (Å²) in [5.41, 5.74) is 1.13. The second kappa shape index (κ2) is 6.17. The van der Waals surface area contributed by atoms with E-state index in [1.165, 1.54) is 0 Å². The molecule has 0 radical (unpaired) electrons. The highest BCUT2D eigenvalue weighted by Gasteiger charge is 1.91. The number of rotatable bonds is 4. The Hall–Kier alpha value is -1.33. The lowest BCUT2D eigenvalue weighted by atomic mass is 10.2. The summed E-state index contributed by atoms with van der Waals surface area (Å²) in [6.07, 6.45) is 9.08. The third kappa shape index (κ3) is 3.59. The summed E-state index contributed by atoms with van der Waals surface area (Å²) < 4.78 is 5.24. The van der Waals surface area contributed by atoms with Crippen molar-refractivity contribution in [2.75, 3.05) is 12.4 Å². The molecule has 14 heavy (non-hydrogen) atoms. The molecule has 1 aromatic rings. The molecule has 0 aromatic heterocycles. The lowest BCUT2D eigenvalue weighted by molar-refractivity contribution is 0.370. The van der Waals surface area contributed by atoms with E-state index in [-0.39, 0.29) is 0 Å².